The first-order valence-corrected chi connectivity index (χ1v) is 9.77. The molecule has 0 radical (unpaired) electrons. The molecule has 2 aromatic rings. The number of carbonyl (C=O) groups is 1. The smallest absolute Gasteiger partial charge is 0.255 e. The molecule has 6 nitrogen and oxygen atoms in total. The van der Waals surface area contributed by atoms with Gasteiger partial charge in [-0.2, -0.15) is 0 Å². The quantitative estimate of drug-likeness (QED) is 0.889. The van der Waals surface area contributed by atoms with Crippen molar-refractivity contribution in [3.63, 3.8) is 0 Å². The van der Waals surface area contributed by atoms with E-state index in [0.717, 1.165) is 0 Å². The minimum Gasteiger partial charge on any atom is -0.375 e. The number of anilines is 3. The highest BCUT2D eigenvalue weighted by molar-refractivity contribution is 7.93. The predicted octanol–water partition coefficient (Wildman–Crippen LogP) is 2.68. The summed E-state index contributed by atoms with van der Waals surface area (Å²) in [4.78, 5) is 13.9. The minimum atomic E-state index is -3.23. The first-order chi connectivity index (χ1) is 12.3. The lowest BCUT2D eigenvalue weighted by molar-refractivity contribution is 0.102. The van der Waals surface area contributed by atoms with Gasteiger partial charge in [0.2, 0.25) is 10.0 Å². The maximum Gasteiger partial charge on any atom is 0.255 e. The Morgan fingerprint density at radius 2 is 1.85 bits per heavy atom. The maximum atomic E-state index is 14.0. The van der Waals surface area contributed by atoms with Crippen LogP contribution in [-0.4, -0.2) is 40.7 Å². The highest BCUT2D eigenvalue weighted by Gasteiger charge is 2.28. The zero-order valence-corrected chi connectivity index (χ0v) is 15.4. The molecule has 1 amide bonds. The molecule has 0 aromatic heterocycles. The van der Waals surface area contributed by atoms with Crippen molar-refractivity contribution in [2.75, 3.05) is 40.9 Å². The summed E-state index contributed by atoms with van der Waals surface area (Å²) in [6, 6.07) is 10.8. The second-order valence-electron chi connectivity index (χ2n) is 6.30. The molecule has 1 heterocycles. The molecule has 2 aromatic carbocycles. The standard InChI is InChI=1S/C18H20FN3O3S/c1-21(2)17-9-4-13(12-16(17)19)18(23)20-14-5-7-15(8-6-14)22-10-3-11-26(22,24)25/h4-9,12H,3,10-11H2,1-2H3,(H,20,23). The topological polar surface area (TPSA) is 69.7 Å². The van der Waals surface area contributed by atoms with Crippen molar-refractivity contribution in [2.45, 2.75) is 6.42 Å². The van der Waals surface area contributed by atoms with E-state index in [2.05, 4.69) is 5.32 Å². The monoisotopic (exact) mass is 377 g/mol. The van der Waals surface area contributed by atoms with Gasteiger partial charge in [-0.3, -0.25) is 9.10 Å². The third kappa shape index (κ3) is 3.65. The Kier molecular flexibility index (Phi) is 4.86. The zero-order valence-electron chi connectivity index (χ0n) is 14.6. The fraction of sp³-hybridized carbons (Fsp3) is 0.278. The van der Waals surface area contributed by atoms with Crippen molar-refractivity contribution in [1.29, 1.82) is 0 Å². The molecule has 0 saturated carbocycles. The van der Waals surface area contributed by atoms with Crippen LogP contribution in [0, 0.1) is 5.82 Å². The van der Waals surface area contributed by atoms with Crippen LogP contribution in [-0.2, 0) is 10.0 Å². The molecule has 138 valence electrons. The summed E-state index contributed by atoms with van der Waals surface area (Å²) in [5, 5.41) is 2.69. The fourth-order valence-electron chi connectivity index (χ4n) is 2.85. The summed E-state index contributed by atoms with van der Waals surface area (Å²) >= 11 is 0. The number of nitrogens with zero attached hydrogens (tertiary/aromatic N) is 2. The summed E-state index contributed by atoms with van der Waals surface area (Å²) in [5.74, 6) is -0.756. The van der Waals surface area contributed by atoms with E-state index in [0.29, 0.717) is 30.0 Å². The van der Waals surface area contributed by atoms with Crippen LogP contribution in [0.25, 0.3) is 0 Å². The molecule has 1 aliphatic rings. The van der Waals surface area contributed by atoms with Gasteiger partial charge in [0.1, 0.15) is 5.82 Å². The van der Waals surface area contributed by atoms with E-state index in [-0.39, 0.29) is 11.3 Å². The lowest BCUT2D eigenvalue weighted by Crippen LogP contribution is -2.25. The molecule has 1 fully saturated rings. The van der Waals surface area contributed by atoms with Gasteiger partial charge in [0.15, 0.2) is 0 Å². The molecular formula is C18H20FN3O3S. The van der Waals surface area contributed by atoms with Gasteiger partial charge in [0.25, 0.3) is 5.91 Å². The predicted molar refractivity (Wildman–Crippen MR) is 101 cm³/mol. The van der Waals surface area contributed by atoms with Gasteiger partial charge in [-0.25, -0.2) is 12.8 Å². The van der Waals surface area contributed by atoms with Crippen molar-refractivity contribution < 1.29 is 17.6 Å². The number of hydrogen-bond donors (Lipinski definition) is 1. The van der Waals surface area contributed by atoms with Gasteiger partial charge in [-0.15, -0.1) is 0 Å². The second-order valence-corrected chi connectivity index (χ2v) is 8.32. The van der Waals surface area contributed by atoms with Gasteiger partial charge in [-0.1, -0.05) is 0 Å². The van der Waals surface area contributed by atoms with Crippen molar-refractivity contribution in [3.05, 3.63) is 53.8 Å². The zero-order chi connectivity index (χ0) is 18.9. The average Bonchev–Trinajstić information content (AvgIpc) is 2.94. The molecule has 3 rings (SSSR count). The largest absolute Gasteiger partial charge is 0.375 e. The van der Waals surface area contributed by atoms with Crippen LogP contribution in [0.15, 0.2) is 42.5 Å². The SMILES string of the molecule is CN(C)c1ccc(C(=O)Nc2ccc(N3CCCS3(=O)=O)cc2)cc1F. The maximum absolute atomic E-state index is 14.0. The molecule has 26 heavy (non-hydrogen) atoms. The summed E-state index contributed by atoms with van der Waals surface area (Å²) in [5.41, 5.74) is 1.69. The van der Waals surface area contributed by atoms with Gasteiger partial charge < -0.3 is 10.2 Å². The van der Waals surface area contributed by atoms with Gasteiger partial charge in [0.05, 0.1) is 17.1 Å². The summed E-state index contributed by atoms with van der Waals surface area (Å²) in [6.45, 7) is 0.464. The van der Waals surface area contributed by atoms with E-state index in [4.69, 9.17) is 0 Å². The van der Waals surface area contributed by atoms with Crippen LogP contribution in [0.5, 0.6) is 0 Å². The Hall–Kier alpha value is -2.61. The van der Waals surface area contributed by atoms with Gasteiger partial charge >= 0.3 is 0 Å². The average molecular weight is 377 g/mol. The van der Waals surface area contributed by atoms with Crippen molar-refractivity contribution >= 4 is 33.0 Å². The Morgan fingerprint density at radius 1 is 1.15 bits per heavy atom. The summed E-state index contributed by atoms with van der Waals surface area (Å²) in [7, 11) is 0.210. The van der Waals surface area contributed by atoms with Crippen LogP contribution in [0.1, 0.15) is 16.8 Å². The number of nitrogens with one attached hydrogen (secondary N) is 1. The van der Waals surface area contributed by atoms with E-state index in [9.17, 15) is 17.6 Å². The Morgan fingerprint density at radius 3 is 2.38 bits per heavy atom. The second kappa shape index (κ2) is 6.95. The molecule has 0 aliphatic carbocycles. The van der Waals surface area contributed by atoms with Crippen molar-refractivity contribution in [2.24, 2.45) is 0 Å². The van der Waals surface area contributed by atoms with Crippen molar-refractivity contribution in [3.8, 4) is 0 Å². The first-order valence-electron chi connectivity index (χ1n) is 8.16. The number of sulfonamides is 1. The number of benzene rings is 2. The third-order valence-electron chi connectivity index (χ3n) is 4.20. The fourth-order valence-corrected chi connectivity index (χ4v) is 4.42. The minimum absolute atomic E-state index is 0.153. The molecule has 1 saturated heterocycles. The van der Waals surface area contributed by atoms with Crippen LogP contribution >= 0.6 is 0 Å². The highest BCUT2D eigenvalue weighted by Crippen LogP contribution is 2.25. The highest BCUT2D eigenvalue weighted by atomic mass is 32.2. The Bertz CT molecular complexity index is 927. The van der Waals surface area contributed by atoms with E-state index in [1.54, 1.807) is 55.4 Å². The normalized spacial score (nSPS) is 15.7. The summed E-state index contributed by atoms with van der Waals surface area (Å²) < 4.78 is 39.3. The van der Waals surface area contributed by atoms with Crippen molar-refractivity contribution in [1.82, 2.24) is 0 Å². The van der Waals surface area contributed by atoms with E-state index >= 15 is 0 Å². The van der Waals surface area contributed by atoms with Crippen LogP contribution < -0.4 is 14.5 Å². The number of rotatable bonds is 4. The van der Waals surface area contributed by atoms with Crippen LogP contribution in [0.4, 0.5) is 21.5 Å². The van der Waals surface area contributed by atoms with E-state index in [1.165, 1.54) is 10.4 Å². The van der Waals surface area contributed by atoms with Gasteiger partial charge in [-0.05, 0) is 48.9 Å². The molecule has 0 bridgehead atoms. The van der Waals surface area contributed by atoms with Crippen LogP contribution in [0.2, 0.25) is 0 Å². The molecule has 8 heteroatoms. The van der Waals surface area contributed by atoms with Crippen LogP contribution in [0.3, 0.4) is 0 Å². The van der Waals surface area contributed by atoms with E-state index < -0.39 is 21.7 Å². The van der Waals surface area contributed by atoms with E-state index in [1.807, 2.05) is 0 Å². The Labute approximate surface area is 152 Å². The molecule has 0 atom stereocenters. The Balaban J connectivity index is 1.73. The molecule has 0 unspecified atom stereocenters. The lowest BCUT2D eigenvalue weighted by atomic mass is 10.1. The molecule has 0 spiro atoms. The first kappa shape index (κ1) is 18.2. The number of halogens is 1. The number of carbonyl (C=O) groups excluding carboxylic acids is 1. The summed E-state index contributed by atoms with van der Waals surface area (Å²) in [6.07, 6.45) is 0.606. The molecule has 1 N–H and O–H groups in total. The molecule has 1 aliphatic heterocycles. The molecular weight excluding hydrogens is 357 g/mol. The lowest BCUT2D eigenvalue weighted by Gasteiger charge is -2.17. The number of hydrogen-bond acceptors (Lipinski definition) is 4. The van der Waals surface area contributed by atoms with Gasteiger partial charge in [0, 0.05) is 31.9 Å². The number of amides is 1. The third-order valence-corrected chi connectivity index (χ3v) is 6.07.